The van der Waals surface area contributed by atoms with Gasteiger partial charge in [0.25, 0.3) is 0 Å². The van der Waals surface area contributed by atoms with Crippen molar-refractivity contribution < 1.29 is 4.79 Å². The number of likely N-dealkylation sites (tertiary alicyclic amines) is 1. The summed E-state index contributed by atoms with van der Waals surface area (Å²) in [4.78, 5) is 21.0. The first kappa shape index (κ1) is 21.6. The van der Waals surface area contributed by atoms with Crippen molar-refractivity contribution in [1.29, 1.82) is 0 Å². The third-order valence-corrected chi connectivity index (χ3v) is 7.54. The summed E-state index contributed by atoms with van der Waals surface area (Å²) in [5, 5.41) is 4.81. The van der Waals surface area contributed by atoms with Gasteiger partial charge in [-0.2, -0.15) is 11.8 Å². The number of carbonyl (C=O) groups excluding carboxylic acids is 1. The van der Waals surface area contributed by atoms with Crippen LogP contribution in [0, 0.1) is 0 Å². The number of thioether (sulfide) groups is 1. The van der Waals surface area contributed by atoms with E-state index in [4.69, 9.17) is 0 Å². The average molecular weight is 429 g/mol. The number of amides is 2. The number of benzene rings is 1. The average Bonchev–Trinajstić information content (AvgIpc) is 3.09. The Kier molecular flexibility index (Phi) is 6.63. The van der Waals surface area contributed by atoms with E-state index in [1.165, 1.54) is 27.7 Å². The molecular weight excluding hydrogens is 392 g/mol. The van der Waals surface area contributed by atoms with Gasteiger partial charge in [0.15, 0.2) is 0 Å². The molecule has 164 valence electrons. The molecule has 0 bridgehead atoms. The number of hydrogen-bond donors (Lipinski definition) is 2. The Morgan fingerprint density at radius 1 is 1.30 bits per heavy atom. The van der Waals surface area contributed by atoms with Gasteiger partial charge in [0.2, 0.25) is 0 Å². The fraction of sp³-hybridized carbons (Fsp3) is 0.625. The normalized spacial score (nSPS) is 23.4. The number of nitrogens with zero attached hydrogens (tertiary/aromatic N) is 2. The number of aromatic amines is 1. The molecule has 3 atom stereocenters. The molecular formula is C24H36N4OS. The summed E-state index contributed by atoms with van der Waals surface area (Å²) in [6.07, 6.45) is 5.47. The number of nitrogens with one attached hydrogen (secondary N) is 2. The first-order valence-corrected chi connectivity index (χ1v) is 12.9. The van der Waals surface area contributed by atoms with E-state index in [-0.39, 0.29) is 12.1 Å². The van der Waals surface area contributed by atoms with Gasteiger partial charge in [-0.05, 0) is 63.1 Å². The molecule has 0 saturated carbocycles. The van der Waals surface area contributed by atoms with Gasteiger partial charge in [0.1, 0.15) is 0 Å². The Bertz CT molecular complexity index is 891. The molecule has 1 aliphatic carbocycles. The van der Waals surface area contributed by atoms with Gasteiger partial charge in [-0.25, -0.2) is 4.79 Å². The lowest BCUT2D eigenvalue weighted by Gasteiger charge is -2.47. The van der Waals surface area contributed by atoms with Crippen molar-refractivity contribution in [2.24, 2.45) is 0 Å². The SMILES string of the molecule is CCCN1C[C@@H](NC(=O)N(CC)CC)CC2c3cccc4[nH]c(CSC)c(c34)C[C@H]21. The number of piperidine rings is 1. The smallest absolute Gasteiger partial charge is 0.317 e. The molecule has 2 aromatic rings. The minimum Gasteiger partial charge on any atom is -0.357 e. The molecule has 1 aromatic heterocycles. The van der Waals surface area contributed by atoms with E-state index in [1.807, 2.05) is 30.5 Å². The van der Waals surface area contributed by atoms with E-state index in [0.717, 1.165) is 51.2 Å². The number of aromatic nitrogens is 1. The van der Waals surface area contributed by atoms with E-state index >= 15 is 0 Å². The predicted octanol–water partition coefficient (Wildman–Crippen LogP) is 4.57. The van der Waals surface area contributed by atoms with Gasteiger partial charge >= 0.3 is 6.03 Å². The molecule has 1 unspecified atom stereocenters. The second-order valence-electron chi connectivity index (χ2n) is 8.71. The zero-order valence-corrected chi connectivity index (χ0v) is 19.6. The second kappa shape index (κ2) is 9.23. The van der Waals surface area contributed by atoms with Gasteiger partial charge in [-0.3, -0.25) is 4.90 Å². The van der Waals surface area contributed by atoms with E-state index in [9.17, 15) is 4.79 Å². The Morgan fingerprint density at radius 2 is 2.10 bits per heavy atom. The molecule has 5 nitrogen and oxygen atoms in total. The lowest BCUT2D eigenvalue weighted by molar-refractivity contribution is 0.0979. The van der Waals surface area contributed by atoms with Crippen LogP contribution in [-0.2, 0) is 12.2 Å². The van der Waals surface area contributed by atoms with Crippen molar-refractivity contribution in [1.82, 2.24) is 20.1 Å². The maximum Gasteiger partial charge on any atom is 0.317 e. The third kappa shape index (κ3) is 3.84. The molecule has 6 heteroatoms. The lowest BCUT2D eigenvalue weighted by atomic mass is 9.73. The minimum atomic E-state index is 0.0820. The Labute approximate surface area is 185 Å². The van der Waals surface area contributed by atoms with Gasteiger partial charge < -0.3 is 15.2 Å². The number of H-pyrrole nitrogens is 1. The Morgan fingerprint density at radius 3 is 2.80 bits per heavy atom. The van der Waals surface area contributed by atoms with Crippen LogP contribution < -0.4 is 5.32 Å². The number of fused-ring (bicyclic) bond motifs is 2. The molecule has 1 fully saturated rings. The highest BCUT2D eigenvalue weighted by molar-refractivity contribution is 7.97. The molecule has 2 N–H and O–H groups in total. The van der Waals surface area contributed by atoms with E-state index in [0.29, 0.717) is 12.0 Å². The molecule has 2 amide bonds. The number of carbonyl (C=O) groups is 1. The minimum absolute atomic E-state index is 0.0820. The van der Waals surface area contributed by atoms with E-state index in [1.54, 1.807) is 0 Å². The first-order chi connectivity index (χ1) is 14.6. The third-order valence-electron chi connectivity index (χ3n) is 6.97. The highest BCUT2D eigenvalue weighted by Gasteiger charge is 2.41. The van der Waals surface area contributed by atoms with Gasteiger partial charge in [0.05, 0.1) is 0 Å². The van der Waals surface area contributed by atoms with Crippen LogP contribution in [0.15, 0.2) is 18.2 Å². The number of rotatable bonds is 7. The second-order valence-corrected chi connectivity index (χ2v) is 9.58. The van der Waals surface area contributed by atoms with Gasteiger partial charge in [-0.15, -0.1) is 0 Å². The molecule has 2 aliphatic rings. The summed E-state index contributed by atoms with van der Waals surface area (Å²) in [7, 11) is 0. The van der Waals surface area contributed by atoms with Crippen LogP contribution in [0.1, 0.15) is 56.4 Å². The monoisotopic (exact) mass is 428 g/mol. The quantitative estimate of drug-likeness (QED) is 0.679. The fourth-order valence-electron chi connectivity index (χ4n) is 5.65. The van der Waals surface area contributed by atoms with E-state index < -0.39 is 0 Å². The standard InChI is InChI=1S/C24H36N4OS/c1-5-11-28-14-16(25-24(29)27(6-2)7-3)12-18-17-9-8-10-20-23(17)19(13-22(18)28)21(26-20)15-30-4/h8-10,16,18,22,26H,5-7,11-15H2,1-4H3,(H,25,29)/t16-,18?,22+/m0/s1. The van der Waals surface area contributed by atoms with Crippen molar-refractivity contribution in [3.8, 4) is 0 Å². The van der Waals surface area contributed by atoms with Crippen molar-refractivity contribution in [3.05, 3.63) is 35.0 Å². The van der Waals surface area contributed by atoms with Crippen LogP contribution in [0.3, 0.4) is 0 Å². The molecule has 2 heterocycles. The van der Waals surface area contributed by atoms with Crippen LogP contribution in [0.2, 0.25) is 0 Å². The molecule has 1 aliphatic heterocycles. The van der Waals surface area contributed by atoms with Gasteiger partial charge in [0, 0.05) is 60.0 Å². The molecule has 4 rings (SSSR count). The summed E-state index contributed by atoms with van der Waals surface area (Å²) < 4.78 is 0. The Hall–Kier alpha value is -1.66. The van der Waals surface area contributed by atoms with Crippen molar-refractivity contribution >= 4 is 28.7 Å². The van der Waals surface area contributed by atoms with Gasteiger partial charge in [-0.1, -0.05) is 19.1 Å². The Balaban J connectivity index is 1.67. The summed E-state index contributed by atoms with van der Waals surface area (Å²) in [6.45, 7) is 9.91. The fourth-order valence-corrected chi connectivity index (χ4v) is 6.19. The molecule has 0 spiro atoms. The highest BCUT2D eigenvalue weighted by Crippen LogP contribution is 2.45. The number of hydrogen-bond acceptors (Lipinski definition) is 3. The van der Waals surface area contributed by atoms with Crippen LogP contribution >= 0.6 is 11.8 Å². The van der Waals surface area contributed by atoms with Crippen molar-refractivity contribution in [2.45, 2.75) is 63.8 Å². The summed E-state index contributed by atoms with van der Waals surface area (Å²) in [6, 6.07) is 7.56. The summed E-state index contributed by atoms with van der Waals surface area (Å²) in [5.74, 6) is 1.51. The summed E-state index contributed by atoms with van der Waals surface area (Å²) in [5.41, 5.74) is 5.69. The molecule has 30 heavy (non-hydrogen) atoms. The van der Waals surface area contributed by atoms with E-state index in [2.05, 4.69) is 46.6 Å². The maximum absolute atomic E-state index is 12.8. The van der Waals surface area contributed by atoms with Crippen molar-refractivity contribution in [3.63, 3.8) is 0 Å². The topological polar surface area (TPSA) is 51.4 Å². The summed E-state index contributed by atoms with van der Waals surface area (Å²) >= 11 is 1.89. The zero-order chi connectivity index (χ0) is 21.3. The lowest BCUT2D eigenvalue weighted by Crippen LogP contribution is -2.57. The zero-order valence-electron chi connectivity index (χ0n) is 18.8. The van der Waals surface area contributed by atoms with Crippen LogP contribution in [0.25, 0.3) is 10.9 Å². The first-order valence-electron chi connectivity index (χ1n) is 11.5. The largest absolute Gasteiger partial charge is 0.357 e. The van der Waals surface area contributed by atoms with Crippen LogP contribution in [-0.4, -0.2) is 65.3 Å². The van der Waals surface area contributed by atoms with Crippen LogP contribution in [0.5, 0.6) is 0 Å². The van der Waals surface area contributed by atoms with Crippen molar-refractivity contribution in [2.75, 3.05) is 32.4 Å². The van der Waals surface area contributed by atoms with Crippen LogP contribution in [0.4, 0.5) is 4.79 Å². The molecule has 0 radical (unpaired) electrons. The number of urea groups is 1. The molecule has 1 saturated heterocycles. The molecule has 1 aromatic carbocycles. The highest BCUT2D eigenvalue weighted by atomic mass is 32.2. The maximum atomic E-state index is 12.8. The predicted molar refractivity (Wildman–Crippen MR) is 127 cm³/mol.